The maximum absolute atomic E-state index is 13.9. The number of aryl methyl sites for hydroxylation is 1. The average Bonchev–Trinajstić information content (AvgIpc) is 3.06. The fourth-order valence-corrected chi connectivity index (χ4v) is 3.45. The van der Waals surface area contributed by atoms with Crippen LogP contribution in [-0.4, -0.2) is 7.05 Å². The van der Waals surface area contributed by atoms with Crippen LogP contribution in [-0.2, 0) is 12.3 Å². The molecule has 1 fully saturated rings. The lowest BCUT2D eigenvalue weighted by atomic mass is 9.92. The van der Waals surface area contributed by atoms with Crippen LogP contribution >= 0.6 is 0 Å². The first-order valence-corrected chi connectivity index (χ1v) is 8.66. The first-order chi connectivity index (χ1) is 11.3. The second-order valence-electron chi connectivity index (χ2n) is 6.86. The molecule has 0 saturated heterocycles. The fourth-order valence-electron chi connectivity index (χ4n) is 3.45. The van der Waals surface area contributed by atoms with Gasteiger partial charge in [0.2, 0.25) is 0 Å². The SMILES string of the molecule is CN/C(C#N)=C(\C)c1cc(CCC2CCCC2)cc(C(C)(F)F)c1. The standard InChI is InChI=1S/C20H26F2N2/c1-14(19(13-23)24-3)17-10-16(9-8-15-6-4-5-7-15)11-18(12-17)20(2,21)22/h10-12,15,24H,4-9H2,1-3H3/b19-14+. The van der Waals surface area contributed by atoms with E-state index in [-0.39, 0.29) is 5.56 Å². The Bertz CT molecular complexity index is 645. The van der Waals surface area contributed by atoms with Gasteiger partial charge in [-0.25, -0.2) is 8.78 Å². The van der Waals surface area contributed by atoms with Crippen molar-refractivity contribution in [2.45, 2.75) is 58.3 Å². The maximum atomic E-state index is 13.9. The van der Waals surface area contributed by atoms with E-state index in [2.05, 4.69) is 11.4 Å². The van der Waals surface area contributed by atoms with Crippen LogP contribution in [0.4, 0.5) is 8.78 Å². The Balaban J connectivity index is 2.34. The van der Waals surface area contributed by atoms with E-state index in [1.165, 1.54) is 31.7 Å². The highest BCUT2D eigenvalue weighted by Crippen LogP contribution is 2.33. The van der Waals surface area contributed by atoms with Crippen molar-refractivity contribution in [3.8, 4) is 6.07 Å². The third-order valence-corrected chi connectivity index (χ3v) is 4.99. The normalized spacial score (nSPS) is 16.7. The number of rotatable bonds is 6. The number of hydrogen-bond donors (Lipinski definition) is 1. The molecule has 2 rings (SSSR count). The zero-order chi connectivity index (χ0) is 17.7. The summed E-state index contributed by atoms with van der Waals surface area (Å²) in [6.07, 6.45) is 6.97. The van der Waals surface area contributed by atoms with Gasteiger partial charge in [-0.05, 0) is 54.5 Å². The number of halogens is 2. The molecular formula is C20H26F2N2. The highest BCUT2D eigenvalue weighted by molar-refractivity contribution is 5.70. The molecule has 0 aliphatic heterocycles. The molecule has 0 atom stereocenters. The van der Waals surface area contributed by atoms with Gasteiger partial charge in [-0.3, -0.25) is 0 Å². The molecule has 1 aliphatic rings. The molecule has 2 nitrogen and oxygen atoms in total. The monoisotopic (exact) mass is 332 g/mol. The zero-order valence-corrected chi connectivity index (χ0v) is 14.8. The molecule has 0 unspecified atom stereocenters. The Labute approximate surface area is 143 Å². The third-order valence-electron chi connectivity index (χ3n) is 4.99. The molecule has 1 saturated carbocycles. The largest absolute Gasteiger partial charge is 0.379 e. The molecule has 24 heavy (non-hydrogen) atoms. The van der Waals surface area contributed by atoms with Crippen molar-refractivity contribution in [2.24, 2.45) is 5.92 Å². The van der Waals surface area contributed by atoms with Crippen molar-refractivity contribution in [3.63, 3.8) is 0 Å². The molecule has 0 bridgehead atoms. The Morgan fingerprint density at radius 3 is 2.50 bits per heavy atom. The summed E-state index contributed by atoms with van der Waals surface area (Å²) in [5.41, 5.74) is 2.76. The van der Waals surface area contributed by atoms with E-state index in [1.54, 1.807) is 20.0 Å². The van der Waals surface area contributed by atoms with E-state index in [1.807, 2.05) is 6.07 Å². The van der Waals surface area contributed by atoms with Gasteiger partial charge in [0, 0.05) is 19.5 Å². The Kier molecular flexibility index (Phi) is 5.99. The quantitative estimate of drug-likeness (QED) is 0.708. The predicted molar refractivity (Wildman–Crippen MR) is 93.6 cm³/mol. The van der Waals surface area contributed by atoms with E-state index >= 15 is 0 Å². The molecule has 130 valence electrons. The van der Waals surface area contributed by atoms with Crippen LogP contribution in [0.15, 0.2) is 23.9 Å². The van der Waals surface area contributed by atoms with Gasteiger partial charge in [-0.1, -0.05) is 31.7 Å². The van der Waals surface area contributed by atoms with E-state index in [9.17, 15) is 14.0 Å². The van der Waals surface area contributed by atoms with Crippen molar-refractivity contribution in [3.05, 3.63) is 40.6 Å². The minimum absolute atomic E-state index is 0.0224. The van der Waals surface area contributed by atoms with Crippen molar-refractivity contribution in [2.75, 3.05) is 7.05 Å². The van der Waals surface area contributed by atoms with E-state index in [0.717, 1.165) is 31.2 Å². The number of allylic oxidation sites excluding steroid dienone is 2. The highest BCUT2D eigenvalue weighted by Gasteiger charge is 2.26. The summed E-state index contributed by atoms with van der Waals surface area (Å²) in [5.74, 6) is -2.16. The minimum Gasteiger partial charge on any atom is -0.379 e. The molecule has 0 spiro atoms. The molecule has 0 radical (unpaired) electrons. The summed E-state index contributed by atoms with van der Waals surface area (Å²) in [6, 6.07) is 7.16. The highest BCUT2D eigenvalue weighted by atomic mass is 19.3. The van der Waals surface area contributed by atoms with Gasteiger partial charge in [0.15, 0.2) is 0 Å². The molecule has 0 aromatic heterocycles. The van der Waals surface area contributed by atoms with E-state index < -0.39 is 5.92 Å². The number of nitriles is 1. The predicted octanol–water partition coefficient (Wildman–Crippen LogP) is 5.40. The average molecular weight is 332 g/mol. The smallest absolute Gasteiger partial charge is 0.270 e. The van der Waals surface area contributed by atoms with E-state index in [4.69, 9.17) is 0 Å². The van der Waals surface area contributed by atoms with Crippen LogP contribution < -0.4 is 5.32 Å². The van der Waals surface area contributed by atoms with Gasteiger partial charge in [-0.2, -0.15) is 5.26 Å². The second kappa shape index (κ2) is 7.79. The summed E-state index contributed by atoms with van der Waals surface area (Å²) in [4.78, 5) is 0. The summed E-state index contributed by atoms with van der Waals surface area (Å²) in [7, 11) is 1.67. The maximum Gasteiger partial charge on any atom is 0.270 e. The number of nitrogens with zero attached hydrogens (tertiary/aromatic N) is 1. The zero-order valence-electron chi connectivity index (χ0n) is 14.8. The van der Waals surface area contributed by atoms with Gasteiger partial charge in [0.1, 0.15) is 11.8 Å². The Morgan fingerprint density at radius 1 is 1.29 bits per heavy atom. The fraction of sp³-hybridized carbons (Fsp3) is 0.550. The second-order valence-corrected chi connectivity index (χ2v) is 6.86. The summed E-state index contributed by atoms with van der Waals surface area (Å²) in [5, 5.41) is 12.0. The molecule has 1 aliphatic carbocycles. The van der Waals surface area contributed by atoms with Crippen molar-refractivity contribution >= 4 is 5.57 Å². The number of nitrogens with one attached hydrogen (secondary N) is 1. The van der Waals surface area contributed by atoms with Gasteiger partial charge >= 0.3 is 0 Å². The van der Waals surface area contributed by atoms with E-state index in [0.29, 0.717) is 16.8 Å². The van der Waals surface area contributed by atoms with Gasteiger partial charge < -0.3 is 5.32 Å². The van der Waals surface area contributed by atoms with Crippen LogP contribution in [0.2, 0.25) is 0 Å². The lowest BCUT2D eigenvalue weighted by Gasteiger charge is -2.17. The first-order valence-electron chi connectivity index (χ1n) is 8.66. The van der Waals surface area contributed by atoms with Crippen molar-refractivity contribution in [1.29, 1.82) is 5.26 Å². The number of alkyl halides is 2. The minimum atomic E-state index is -2.88. The summed E-state index contributed by atoms with van der Waals surface area (Å²) in [6.45, 7) is 2.72. The molecule has 0 amide bonds. The molecule has 1 N–H and O–H groups in total. The van der Waals surface area contributed by atoms with Gasteiger partial charge in [-0.15, -0.1) is 0 Å². The lowest BCUT2D eigenvalue weighted by Crippen LogP contribution is -2.10. The third kappa shape index (κ3) is 4.56. The number of hydrogen-bond acceptors (Lipinski definition) is 2. The molecule has 0 heterocycles. The van der Waals surface area contributed by atoms with Crippen LogP contribution in [0, 0.1) is 17.2 Å². The van der Waals surface area contributed by atoms with Gasteiger partial charge in [0.25, 0.3) is 5.92 Å². The molecule has 1 aromatic carbocycles. The first kappa shape index (κ1) is 18.4. The molecule has 1 aromatic rings. The van der Waals surface area contributed by atoms with Crippen LogP contribution in [0.25, 0.3) is 5.57 Å². The lowest BCUT2D eigenvalue weighted by molar-refractivity contribution is 0.0173. The van der Waals surface area contributed by atoms with Crippen LogP contribution in [0.3, 0.4) is 0 Å². The number of benzene rings is 1. The summed E-state index contributed by atoms with van der Waals surface area (Å²) < 4.78 is 27.8. The Morgan fingerprint density at radius 2 is 1.96 bits per heavy atom. The van der Waals surface area contributed by atoms with Gasteiger partial charge in [0.05, 0.1) is 0 Å². The Hall–Kier alpha value is -1.89. The molecule has 4 heteroatoms. The molecular weight excluding hydrogens is 306 g/mol. The van der Waals surface area contributed by atoms with Crippen LogP contribution in [0.1, 0.15) is 62.6 Å². The topological polar surface area (TPSA) is 35.8 Å². The van der Waals surface area contributed by atoms with Crippen LogP contribution in [0.5, 0.6) is 0 Å². The summed E-state index contributed by atoms with van der Waals surface area (Å²) >= 11 is 0. The van der Waals surface area contributed by atoms with Crippen molar-refractivity contribution < 1.29 is 8.78 Å². The van der Waals surface area contributed by atoms with Crippen molar-refractivity contribution in [1.82, 2.24) is 5.32 Å².